The van der Waals surface area contributed by atoms with Crippen molar-refractivity contribution in [2.45, 2.75) is 13.0 Å². The van der Waals surface area contributed by atoms with E-state index in [-0.39, 0.29) is 5.91 Å². The van der Waals surface area contributed by atoms with Gasteiger partial charge in [-0.25, -0.2) is 0 Å². The van der Waals surface area contributed by atoms with Gasteiger partial charge in [0.15, 0.2) is 0 Å². The molecule has 86 valence electrons. The van der Waals surface area contributed by atoms with E-state index in [1.165, 1.54) is 0 Å². The SMILES string of the molecule is C[C@H](O)c1ccccc1N1CCNC(=O)C1. The molecule has 4 heteroatoms. The summed E-state index contributed by atoms with van der Waals surface area (Å²) in [6, 6.07) is 7.66. The molecule has 0 aromatic heterocycles. The van der Waals surface area contributed by atoms with Crippen LogP contribution in [0.15, 0.2) is 24.3 Å². The number of piperazine rings is 1. The third-order valence-electron chi connectivity index (χ3n) is 2.77. The van der Waals surface area contributed by atoms with Gasteiger partial charge in [-0.05, 0) is 13.0 Å². The van der Waals surface area contributed by atoms with Crippen LogP contribution in [0.3, 0.4) is 0 Å². The number of aliphatic hydroxyl groups is 1. The van der Waals surface area contributed by atoms with E-state index in [2.05, 4.69) is 5.32 Å². The lowest BCUT2D eigenvalue weighted by Crippen LogP contribution is -2.48. The van der Waals surface area contributed by atoms with Gasteiger partial charge in [-0.3, -0.25) is 4.79 Å². The van der Waals surface area contributed by atoms with Gasteiger partial charge in [0.05, 0.1) is 12.6 Å². The summed E-state index contributed by atoms with van der Waals surface area (Å²) in [5, 5.41) is 12.5. The molecular weight excluding hydrogens is 204 g/mol. The van der Waals surface area contributed by atoms with Crippen molar-refractivity contribution in [2.24, 2.45) is 0 Å². The highest BCUT2D eigenvalue weighted by Gasteiger charge is 2.19. The lowest BCUT2D eigenvalue weighted by Gasteiger charge is -2.30. The minimum atomic E-state index is -0.513. The molecule has 1 atom stereocenters. The van der Waals surface area contributed by atoms with Crippen molar-refractivity contribution in [3.63, 3.8) is 0 Å². The van der Waals surface area contributed by atoms with Crippen LogP contribution in [0, 0.1) is 0 Å². The second-order valence-electron chi connectivity index (χ2n) is 4.01. The average molecular weight is 220 g/mol. The van der Waals surface area contributed by atoms with Gasteiger partial charge in [-0.15, -0.1) is 0 Å². The minimum absolute atomic E-state index is 0.0339. The summed E-state index contributed by atoms with van der Waals surface area (Å²) in [7, 11) is 0. The molecule has 1 aliphatic rings. The number of anilines is 1. The number of rotatable bonds is 2. The van der Waals surface area contributed by atoms with Crippen molar-refractivity contribution >= 4 is 11.6 Å². The van der Waals surface area contributed by atoms with Gasteiger partial charge in [0.1, 0.15) is 0 Å². The van der Waals surface area contributed by atoms with Crippen LogP contribution in [0.1, 0.15) is 18.6 Å². The average Bonchev–Trinajstić information content (AvgIpc) is 2.29. The molecule has 0 radical (unpaired) electrons. The van der Waals surface area contributed by atoms with E-state index in [1.54, 1.807) is 6.92 Å². The van der Waals surface area contributed by atoms with E-state index in [9.17, 15) is 9.90 Å². The molecule has 0 aliphatic carbocycles. The molecule has 2 rings (SSSR count). The first-order valence-electron chi connectivity index (χ1n) is 5.47. The van der Waals surface area contributed by atoms with E-state index < -0.39 is 6.10 Å². The molecule has 0 spiro atoms. The lowest BCUT2D eigenvalue weighted by atomic mass is 10.1. The molecule has 4 nitrogen and oxygen atoms in total. The Bertz CT molecular complexity index is 390. The van der Waals surface area contributed by atoms with E-state index in [4.69, 9.17) is 0 Å². The Kier molecular flexibility index (Phi) is 3.10. The standard InChI is InChI=1S/C12H16N2O2/c1-9(15)10-4-2-3-5-11(10)14-7-6-13-12(16)8-14/h2-5,9,15H,6-8H2,1H3,(H,13,16)/t9-/m0/s1. The Hall–Kier alpha value is -1.55. The largest absolute Gasteiger partial charge is 0.389 e. The molecule has 1 fully saturated rings. The van der Waals surface area contributed by atoms with Crippen molar-refractivity contribution in [3.8, 4) is 0 Å². The van der Waals surface area contributed by atoms with Crippen molar-refractivity contribution in [1.82, 2.24) is 5.32 Å². The molecule has 0 unspecified atom stereocenters. The Morgan fingerprint density at radius 2 is 2.19 bits per heavy atom. The fraction of sp³-hybridized carbons (Fsp3) is 0.417. The Balaban J connectivity index is 2.28. The number of nitrogens with one attached hydrogen (secondary N) is 1. The fourth-order valence-corrected chi connectivity index (χ4v) is 1.97. The highest BCUT2D eigenvalue weighted by atomic mass is 16.3. The summed E-state index contributed by atoms with van der Waals surface area (Å²) in [5.74, 6) is 0.0339. The topological polar surface area (TPSA) is 52.6 Å². The highest BCUT2D eigenvalue weighted by Crippen LogP contribution is 2.26. The Morgan fingerprint density at radius 1 is 1.44 bits per heavy atom. The number of nitrogens with zero attached hydrogens (tertiary/aromatic N) is 1. The Morgan fingerprint density at radius 3 is 2.88 bits per heavy atom. The third-order valence-corrected chi connectivity index (χ3v) is 2.77. The van der Waals surface area contributed by atoms with Crippen LogP contribution in [-0.4, -0.2) is 30.6 Å². The molecular formula is C12H16N2O2. The van der Waals surface area contributed by atoms with Crippen LogP contribution >= 0.6 is 0 Å². The van der Waals surface area contributed by atoms with Gasteiger partial charge >= 0.3 is 0 Å². The zero-order valence-corrected chi connectivity index (χ0v) is 9.31. The molecule has 2 N–H and O–H groups in total. The zero-order valence-electron chi connectivity index (χ0n) is 9.31. The van der Waals surface area contributed by atoms with Gasteiger partial charge < -0.3 is 15.3 Å². The van der Waals surface area contributed by atoms with Crippen LogP contribution in [0.4, 0.5) is 5.69 Å². The molecule has 1 aromatic rings. The molecule has 0 saturated carbocycles. The van der Waals surface area contributed by atoms with Gasteiger partial charge in [0, 0.05) is 24.3 Å². The number of benzene rings is 1. The highest BCUT2D eigenvalue weighted by molar-refractivity contribution is 5.83. The van der Waals surface area contributed by atoms with Gasteiger partial charge in [-0.1, -0.05) is 18.2 Å². The number of carbonyl (C=O) groups is 1. The van der Waals surface area contributed by atoms with Gasteiger partial charge in [0.2, 0.25) is 5.91 Å². The molecule has 1 aliphatic heterocycles. The molecule has 16 heavy (non-hydrogen) atoms. The number of amides is 1. The molecule has 0 bridgehead atoms. The predicted octanol–water partition coefficient (Wildman–Crippen LogP) is 0.676. The first kappa shape index (κ1) is 11.0. The van der Waals surface area contributed by atoms with Crippen LogP contribution in [0.5, 0.6) is 0 Å². The summed E-state index contributed by atoms with van der Waals surface area (Å²) in [6.45, 7) is 3.55. The number of para-hydroxylation sites is 1. The quantitative estimate of drug-likeness (QED) is 0.770. The number of hydrogen-bond donors (Lipinski definition) is 2. The van der Waals surface area contributed by atoms with E-state index >= 15 is 0 Å². The first-order chi connectivity index (χ1) is 7.68. The fourth-order valence-electron chi connectivity index (χ4n) is 1.97. The maximum absolute atomic E-state index is 11.3. The zero-order chi connectivity index (χ0) is 11.5. The summed E-state index contributed by atoms with van der Waals surface area (Å²) in [5.41, 5.74) is 1.82. The van der Waals surface area contributed by atoms with Crippen LogP contribution in [0.2, 0.25) is 0 Å². The second-order valence-corrected chi connectivity index (χ2v) is 4.01. The summed E-state index contributed by atoms with van der Waals surface area (Å²) in [6.07, 6.45) is -0.513. The number of carbonyl (C=O) groups excluding carboxylic acids is 1. The van der Waals surface area contributed by atoms with Crippen molar-refractivity contribution < 1.29 is 9.90 Å². The van der Waals surface area contributed by atoms with E-state index in [0.717, 1.165) is 17.8 Å². The number of aliphatic hydroxyl groups excluding tert-OH is 1. The summed E-state index contributed by atoms with van der Waals surface area (Å²) in [4.78, 5) is 13.3. The van der Waals surface area contributed by atoms with Crippen molar-refractivity contribution in [1.29, 1.82) is 0 Å². The smallest absolute Gasteiger partial charge is 0.239 e. The van der Waals surface area contributed by atoms with Crippen LogP contribution < -0.4 is 10.2 Å². The predicted molar refractivity (Wildman–Crippen MR) is 62.3 cm³/mol. The molecule has 1 saturated heterocycles. The second kappa shape index (κ2) is 4.53. The number of hydrogen-bond acceptors (Lipinski definition) is 3. The monoisotopic (exact) mass is 220 g/mol. The van der Waals surface area contributed by atoms with Crippen molar-refractivity contribution in [3.05, 3.63) is 29.8 Å². The lowest BCUT2D eigenvalue weighted by molar-refractivity contribution is -0.120. The minimum Gasteiger partial charge on any atom is -0.389 e. The van der Waals surface area contributed by atoms with Crippen molar-refractivity contribution in [2.75, 3.05) is 24.5 Å². The van der Waals surface area contributed by atoms with Gasteiger partial charge in [0.25, 0.3) is 0 Å². The summed E-state index contributed by atoms with van der Waals surface area (Å²) < 4.78 is 0. The van der Waals surface area contributed by atoms with E-state index in [1.807, 2.05) is 29.2 Å². The van der Waals surface area contributed by atoms with Crippen LogP contribution in [-0.2, 0) is 4.79 Å². The molecule has 1 amide bonds. The van der Waals surface area contributed by atoms with Crippen LogP contribution in [0.25, 0.3) is 0 Å². The first-order valence-corrected chi connectivity index (χ1v) is 5.47. The Labute approximate surface area is 94.9 Å². The molecule has 1 aromatic carbocycles. The normalized spacial score (nSPS) is 18.1. The maximum atomic E-state index is 11.3. The maximum Gasteiger partial charge on any atom is 0.239 e. The van der Waals surface area contributed by atoms with E-state index in [0.29, 0.717) is 13.1 Å². The third kappa shape index (κ3) is 2.17. The molecule has 1 heterocycles. The summed E-state index contributed by atoms with van der Waals surface area (Å²) >= 11 is 0. The van der Waals surface area contributed by atoms with Gasteiger partial charge in [-0.2, -0.15) is 0 Å².